The van der Waals surface area contributed by atoms with Crippen LogP contribution in [-0.4, -0.2) is 21.1 Å². The summed E-state index contributed by atoms with van der Waals surface area (Å²) in [6, 6.07) is 14.0. The Labute approximate surface area is 126 Å². The van der Waals surface area contributed by atoms with Gasteiger partial charge in [-0.1, -0.05) is 30.3 Å². The van der Waals surface area contributed by atoms with Gasteiger partial charge in [0.25, 0.3) is 5.91 Å². The minimum Gasteiger partial charge on any atom is -0.504 e. The summed E-state index contributed by atoms with van der Waals surface area (Å²) in [6.07, 6.45) is 1.49. The fourth-order valence-corrected chi connectivity index (χ4v) is 2.16. The Hall–Kier alpha value is -3.08. The second-order valence-corrected chi connectivity index (χ2v) is 4.93. The zero-order valence-electron chi connectivity index (χ0n) is 11.7. The van der Waals surface area contributed by atoms with Crippen LogP contribution >= 0.6 is 0 Å². The third-order valence-electron chi connectivity index (χ3n) is 3.34. The number of carbonyl (C=O) groups is 1. The molecular formula is C17H14N2O3. The van der Waals surface area contributed by atoms with Crippen molar-refractivity contribution in [1.82, 2.24) is 10.3 Å². The largest absolute Gasteiger partial charge is 0.504 e. The van der Waals surface area contributed by atoms with E-state index in [1.165, 1.54) is 18.3 Å². The first-order chi connectivity index (χ1) is 10.6. The summed E-state index contributed by atoms with van der Waals surface area (Å²) in [5.74, 6) is -0.733. The molecule has 0 saturated heterocycles. The van der Waals surface area contributed by atoms with Crippen LogP contribution in [0.3, 0.4) is 0 Å². The number of nitrogens with one attached hydrogen (secondary N) is 1. The fraction of sp³-hybridized carbons (Fsp3) is 0.0588. The maximum Gasteiger partial charge on any atom is 0.270 e. The van der Waals surface area contributed by atoms with Gasteiger partial charge in [-0.3, -0.25) is 9.78 Å². The molecule has 0 aliphatic carbocycles. The number of aromatic hydroxyl groups is 2. The van der Waals surface area contributed by atoms with E-state index in [1.54, 1.807) is 6.07 Å². The third kappa shape index (κ3) is 2.83. The van der Waals surface area contributed by atoms with Crippen molar-refractivity contribution in [2.24, 2.45) is 0 Å². The molecule has 0 spiro atoms. The number of phenols is 2. The fourth-order valence-electron chi connectivity index (χ4n) is 2.16. The van der Waals surface area contributed by atoms with Crippen molar-refractivity contribution in [3.63, 3.8) is 0 Å². The number of amides is 1. The van der Waals surface area contributed by atoms with Crippen LogP contribution in [0.4, 0.5) is 0 Å². The van der Waals surface area contributed by atoms with E-state index in [1.807, 2.05) is 30.3 Å². The van der Waals surface area contributed by atoms with Crippen molar-refractivity contribution in [3.8, 4) is 11.5 Å². The number of nitrogens with zero attached hydrogens (tertiary/aromatic N) is 1. The van der Waals surface area contributed by atoms with Crippen molar-refractivity contribution in [1.29, 1.82) is 0 Å². The minimum absolute atomic E-state index is 0.212. The number of hydrogen-bond acceptors (Lipinski definition) is 4. The summed E-state index contributed by atoms with van der Waals surface area (Å²) in [6.45, 7) is 0.417. The first-order valence-electron chi connectivity index (χ1n) is 6.77. The topological polar surface area (TPSA) is 82.5 Å². The molecule has 22 heavy (non-hydrogen) atoms. The number of phenolic OH excluding ortho intramolecular Hbond substituents is 2. The second-order valence-electron chi connectivity index (χ2n) is 4.93. The number of rotatable bonds is 3. The molecule has 0 aliphatic rings. The highest BCUT2D eigenvalue weighted by Crippen LogP contribution is 2.29. The van der Waals surface area contributed by atoms with Gasteiger partial charge in [0.2, 0.25) is 0 Å². The molecule has 0 unspecified atom stereocenters. The van der Waals surface area contributed by atoms with Gasteiger partial charge in [0.1, 0.15) is 5.69 Å². The molecule has 0 saturated carbocycles. The first kappa shape index (κ1) is 13.9. The van der Waals surface area contributed by atoms with Gasteiger partial charge < -0.3 is 15.5 Å². The van der Waals surface area contributed by atoms with Crippen LogP contribution in [0.1, 0.15) is 16.1 Å². The van der Waals surface area contributed by atoms with Crippen LogP contribution in [0, 0.1) is 0 Å². The average Bonchev–Trinajstić information content (AvgIpc) is 2.54. The number of hydrogen-bond donors (Lipinski definition) is 3. The highest BCUT2D eigenvalue weighted by Gasteiger charge is 2.09. The maximum atomic E-state index is 12.1. The molecule has 0 atom stereocenters. The molecule has 0 fully saturated rings. The lowest BCUT2D eigenvalue weighted by atomic mass is 10.1. The molecule has 1 aromatic heterocycles. The van der Waals surface area contributed by atoms with E-state index in [0.29, 0.717) is 17.3 Å². The summed E-state index contributed by atoms with van der Waals surface area (Å²) in [4.78, 5) is 16.2. The molecule has 5 heteroatoms. The van der Waals surface area contributed by atoms with Crippen LogP contribution in [-0.2, 0) is 6.54 Å². The van der Waals surface area contributed by atoms with Crippen LogP contribution < -0.4 is 5.32 Å². The third-order valence-corrected chi connectivity index (χ3v) is 3.34. The number of carbonyl (C=O) groups excluding carboxylic acids is 1. The van der Waals surface area contributed by atoms with Gasteiger partial charge in [0.15, 0.2) is 11.5 Å². The highest BCUT2D eigenvalue weighted by molar-refractivity contribution is 5.96. The summed E-state index contributed by atoms with van der Waals surface area (Å²) >= 11 is 0. The molecule has 0 bridgehead atoms. The summed E-state index contributed by atoms with van der Waals surface area (Å²) < 4.78 is 0. The molecule has 3 aromatic rings. The lowest BCUT2D eigenvalue weighted by Gasteiger charge is -2.06. The SMILES string of the molecule is O=C(NCc1ccccc1)c1cc2cc(O)c(O)cc2cn1. The second kappa shape index (κ2) is 5.73. The van der Waals surface area contributed by atoms with Gasteiger partial charge in [-0.2, -0.15) is 0 Å². The van der Waals surface area contributed by atoms with E-state index < -0.39 is 0 Å². The van der Waals surface area contributed by atoms with E-state index in [2.05, 4.69) is 10.3 Å². The van der Waals surface area contributed by atoms with Gasteiger partial charge in [-0.15, -0.1) is 0 Å². The zero-order valence-corrected chi connectivity index (χ0v) is 11.7. The highest BCUT2D eigenvalue weighted by atomic mass is 16.3. The molecule has 3 rings (SSSR count). The predicted octanol–water partition coefficient (Wildman–Crippen LogP) is 2.58. The lowest BCUT2D eigenvalue weighted by molar-refractivity contribution is 0.0946. The van der Waals surface area contributed by atoms with Gasteiger partial charge >= 0.3 is 0 Å². The van der Waals surface area contributed by atoms with Gasteiger partial charge in [0, 0.05) is 18.1 Å². The first-order valence-corrected chi connectivity index (χ1v) is 6.77. The van der Waals surface area contributed by atoms with Crippen molar-refractivity contribution in [3.05, 3.63) is 66.0 Å². The van der Waals surface area contributed by atoms with Crippen LogP contribution in [0.5, 0.6) is 11.5 Å². The lowest BCUT2D eigenvalue weighted by Crippen LogP contribution is -2.23. The molecule has 1 amide bonds. The quantitative estimate of drug-likeness (QED) is 0.648. The van der Waals surface area contributed by atoms with E-state index in [-0.39, 0.29) is 23.1 Å². The van der Waals surface area contributed by atoms with Crippen LogP contribution in [0.25, 0.3) is 10.8 Å². The van der Waals surface area contributed by atoms with Crippen LogP contribution in [0.15, 0.2) is 54.7 Å². The maximum absolute atomic E-state index is 12.1. The van der Waals surface area contributed by atoms with E-state index in [9.17, 15) is 15.0 Å². The molecule has 3 N–H and O–H groups in total. The number of pyridine rings is 1. The van der Waals surface area contributed by atoms with Crippen molar-refractivity contribution >= 4 is 16.7 Å². The average molecular weight is 294 g/mol. The summed E-state index contributed by atoms with van der Waals surface area (Å²) in [7, 11) is 0. The van der Waals surface area contributed by atoms with Gasteiger partial charge in [-0.05, 0) is 29.1 Å². The van der Waals surface area contributed by atoms with E-state index in [4.69, 9.17) is 0 Å². The minimum atomic E-state index is -0.293. The van der Waals surface area contributed by atoms with Crippen molar-refractivity contribution < 1.29 is 15.0 Å². The normalized spacial score (nSPS) is 10.5. The molecular weight excluding hydrogens is 280 g/mol. The number of fused-ring (bicyclic) bond motifs is 1. The van der Waals surface area contributed by atoms with Gasteiger partial charge in [-0.25, -0.2) is 0 Å². The standard InChI is InChI=1S/C17H14N2O3/c20-15-7-12-6-14(18-10-13(12)8-16(15)21)17(22)19-9-11-4-2-1-3-5-11/h1-8,10,20-21H,9H2,(H,19,22). The molecule has 0 radical (unpaired) electrons. The molecule has 1 heterocycles. The Morgan fingerprint density at radius 2 is 1.68 bits per heavy atom. The molecule has 0 aliphatic heterocycles. The smallest absolute Gasteiger partial charge is 0.270 e. The van der Waals surface area contributed by atoms with E-state index >= 15 is 0 Å². The van der Waals surface area contributed by atoms with Gasteiger partial charge in [0.05, 0.1) is 0 Å². The predicted molar refractivity (Wildman–Crippen MR) is 82.7 cm³/mol. The van der Waals surface area contributed by atoms with Crippen molar-refractivity contribution in [2.45, 2.75) is 6.54 Å². The van der Waals surface area contributed by atoms with Crippen molar-refractivity contribution in [2.75, 3.05) is 0 Å². The summed E-state index contributed by atoms with van der Waals surface area (Å²) in [5.41, 5.74) is 1.26. The Morgan fingerprint density at radius 1 is 1.00 bits per heavy atom. The van der Waals surface area contributed by atoms with Crippen LogP contribution in [0.2, 0.25) is 0 Å². The Balaban J connectivity index is 1.80. The number of benzene rings is 2. The van der Waals surface area contributed by atoms with E-state index in [0.717, 1.165) is 5.56 Å². The molecule has 110 valence electrons. The molecule has 2 aromatic carbocycles. The Bertz CT molecular complexity index is 832. The summed E-state index contributed by atoms with van der Waals surface area (Å²) in [5, 5.41) is 23.1. The monoisotopic (exact) mass is 294 g/mol. The zero-order chi connectivity index (χ0) is 15.5. The Kier molecular flexibility index (Phi) is 3.62. The molecule has 5 nitrogen and oxygen atoms in total. The Morgan fingerprint density at radius 3 is 2.41 bits per heavy atom. The number of aromatic nitrogens is 1.